The quantitative estimate of drug-likeness (QED) is 0.379. The van der Waals surface area contributed by atoms with Crippen LogP contribution in [-0.2, 0) is 19.2 Å². The molecule has 0 aromatic carbocycles. The zero-order valence-corrected chi connectivity index (χ0v) is 16.0. The minimum Gasteiger partial charge on any atom is -0.339 e. The number of nitrogens with zero attached hydrogens (tertiary/aromatic N) is 4. The lowest BCUT2D eigenvalue weighted by molar-refractivity contribution is 0.378. The van der Waals surface area contributed by atoms with E-state index in [0.29, 0.717) is 34.4 Å². The second-order valence-corrected chi connectivity index (χ2v) is 8.06. The van der Waals surface area contributed by atoms with Gasteiger partial charge < -0.3 is 4.52 Å². The summed E-state index contributed by atoms with van der Waals surface area (Å²) in [5.41, 5.74) is 0.935. The van der Waals surface area contributed by atoms with Gasteiger partial charge in [-0.25, -0.2) is 4.98 Å². The summed E-state index contributed by atoms with van der Waals surface area (Å²) in [5.74, 6) is 1.74. The fourth-order valence-electron chi connectivity index (χ4n) is 2.42. The molecule has 0 atom stereocenters. The van der Waals surface area contributed by atoms with Crippen LogP contribution in [0.15, 0.2) is 37.4 Å². The molecule has 25 heavy (non-hydrogen) atoms. The first-order valence-corrected chi connectivity index (χ1v) is 10.4. The van der Waals surface area contributed by atoms with Crippen molar-refractivity contribution >= 4 is 44.7 Å². The van der Waals surface area contributed by atoms with Crippen LogP contribution in [0, 0.1) is 0 Å². The van der Waals surface area contributed by atoms with Gasteiger partial charge in [-0.1, -0.05) is 29.9 Å². The number of fused-ring (bicyclic) bond motifs is 1. The lowest BCUT2D eigenvalue weighted by Gasteiger charge is -2.06. The predicted octanol–water partition coefficient (Wildman–Crippen LogP) is 3.96. The smallest absolute Gasteiger partial charge is 0.263 e. The van der Waals surface area contributed by atoms with Gasteiger partial charge in [0.1, 0.15) is 4.83 Å². The van der Waals surface area contributed by atoms with Crippen molar-refractivity contribution in [2.75, 3.05) is 0 Å². The highest BCUT2D eigenvalue weighted by atomic mass is 32.2. The van der Waals surface area contributed by atoms with Crippen LogP contribution >= 0.6 is 34.4 Å². The Morgan fingerprint density at radius 3 is 2.92 bits per heavy atom. The largest absolute Gasteiger partial charge is 0.339 e. The Morgan fingerprint density at radius 2 is 2.20 bits per heavy atom. The van der Waals surface area contributed by atoms with E-state index >= 15 is 0 Å². The molecule has 4 rings (SSSR count). The number of aryl methyl sites for hydroxylation is 1. The maximum Gasteiger partial charge on any atom is 0.263 e. The summed E-state index contributed by atoms with van der Waals surface area (Å²) < 4.78 is 6.71. The van der Waals surface area contributed by atoms with Crippen molar-refractivity contribution in [1.29, 1.82) is 0 Å². The van der Waals surface area contributed by atoms with Gasteiger partial charge >= 0.3 is 0 Å². The third kappa shape index (κ3) is 3.03. The van der Waals surface area contributed by atoms with Crippen molar-refractivity contribution in [1.82, 2.24) is 19.7 Å². The van der Waals surface area contributed by atoms with E-state index in [1.165, 1.54) is 23.1 Å². The minimum atomic E-state index is -0.0282. The van der Waals surface area contributed by atoms with E-state index in [-0.39, 0.29) is 5.56 Å². The monoisotopic (exact) mass is 390 g/mol. The van der Waals surface area contributed by atoms with Crippen molar-refractivity contribution in [2.45, 2.75) is 24.3 Å². The van der Waals surface area contributed by atoms with Crippen LogP contribution < -0.4 is 5.56 Å². The van der Waals surface area contributed by atoms with Gasteiger partial charge in [-0.05, 0) is 11.4 Å². The second-order valence-electron chi connectivity index (χ2n) is 5.31. The van der Waals surface area contributed by atoms with E-state index < -0.39 is 0 Å². The first kappa shape index (κ1) is 16.5. The fraction of sp³-hybridized carbons (Fsp3) is 0.250. The molecule has 0 N–H and O–H groups in total. The maximum absolute atomic E-state index is 12.9. The SMILES string of the molecule is CCc1nc(CSc2nc3scc(-c4cccs4)c3c(=O)n2C)no1. The summed E-state index contributed by atoms with van der Waals surface area (Å²) in [7, 11) is 1.75. The van der Waals surface area contributed by atoms with E-state index in [0.717, 1.165) is 15.3 Å². The molecule has 0 unspecified atom stereocenters. The Bertz CT molecular complexity index is 1080. The van der Waals surface area contributed by atoms with Crippen molar-refractivity contribution in [3.8, 4) is 10.4 Å². The molecule has 0 aliphatic carbocycles. The van der Waals surface area contributed by atoms with E-state index in [4.69, 9.17) is 4.52 Å². The van der Waals surface area contributed by atoms with E-state index in [9.17, 15) is 4.79 Å². The van der Waals surface area contributed by atoms with Crippen molar-refractivity contribution in [2.24, 2.45) is 7.05 Å². The first-order chi connectivity index (χ1) is 12.2. The zero-order chi connectivity index (χ0) is 17.4. The number of rotatable bonds is 5. The summed E-state index contributed by atoms with van der Waals surface area (Å²) in [4.78, 5) is 23.7. The predicted molar refractivity (Wildman–Crippen MR) is 101 cm³/mol. The summed E-state index contributed by atoms with van der Waals surface area (Å²) in [6.07, 6.45) is 0.709. The topological polar surface area (TPSA) is 73.8 Å². The lowest BCUT2D eigenvalue weighted by atomic mass is 10.2. The summed E-state index contributed by atoms with van der Waals surface area (Å²) in [5, 5.41) is 9.29. The molecule has 0 fully saturated rings. The highest BCUT2D eigenvalue weighted by Gasteiger charge is 2.17. The number of hydrogen-bond donors (Lipinski definition) is 0. The fourth-order valence-corrected chi connectivity index (χ4v) is 5.03. The van der Waals surface area contributed by atoms with Gasteiger partial charge in [0.2, 0.25) is 5.89 Å². The van der Waals surface area contributed by atoms with Crippen LogP contribution in [0.1, 0.15) is 18.6 Å². The molecule has 0 saturated heterocycles. The average Bonchev–Trinajstić information content (AvgIpc) is 3.36. The molecule has 6 nitrogen and oxygen atoms in total. The summed E-state index contributed by atoms with van der Waals surface area (Å²) in [6, 6.07) is 4.01. The molecule has 9 heteroatoms. The molecule has 0 spiro atoms. The highest BCUT2D eigenvalue weighted by Crippen LogP contribution is 2.34. The van der Waals surface area contributed by atoms with Crippen LogP contribution in [0.4, 0.5) is 0 Å². The van der Waals surface area contributed by atoms with Crippen molar-refractivity contribution < 1.29 is 4.52 Å². The maximum atomic E-state index is 12.9. The Kier molecular flexibility index (Phi) is 4.45. The molecular formula is C16H14N4O2S3. The molecule has 4 aromatic heterocycles. The molecule has 0 radical (unpaired) electrons. The van der Waals surface area contributed by atoms with Crippen LogP contribution in [0.25, 0.3) is 20.7 Å². The molecule has 0 aliphatic heterocycles. The minimum absolute atomic E-state index is 0.0282. The van der Waals surface area contributed by atoms with Gasteiger partial charge in [0, 0.05) is 29.3 Å². The Hall–Kier alpha value is -1.97. The number of aromatic nitrogens is 4. The zero-order valence-electron chi connectivity index (χ0n) is 13.6. The molecule has 128 valence electrons. The normalized spacial score (nSPS) is 11.4. The van der Waals surface area contributed by atoms with Crippen LogP contribution in [0.5, 0.6) is 0 Å². The van der Waals surface area contributed by atoms with Gasteiger partial charge in [0.05, 0.1) is 11.1 Å². The second kappa shape index (κ2) is 6.74. The van der Waals surface area contributed by atoms with Gasteiger partial charge in [-0.15, -0.1) is 22.7 Å². The summed E-state index contributed by atoms with van der Waals surface area (Å²) in [6.45, 7) is 1.96. The van der Waals surface area contributed by atoms with E-state index in [1.807, 2.05) is 29.8 Å². The molecule has 4 heterocycles. The number of thioether (sulfide) groups is 1. The van der Waals surface area contributed by atoms with Gasteiger partial charge in [-0.3, -0.25) is 9.36 Å². The third-order valence-corrected chi connectivity index (χ3v) is 6.51. The van der Waals surface area contributed by atoms with E-state index in [1.54, 1.807) is 23.0 Å². The van der Waals surface area contributed by atoms with Crippen molar-refractivity contribution in [3.63, 3.8) is 0 Å². The molecule has 0 bridgehead atoms. The first-order valence-electron chi connectivity index (χ1n) is 7.63. The molecular weight excluding hydrogens is 376 g/mol. The Balaban J connectivity index is 1.69. The van der Waals surface area contributed by atoms with Gasteiger partial charge in [0.15, 0.2) is 11.0 Å². The summed E-state index contributed by atoms with van der Waals surface area (Å²) >= 11 is 4.56. The van der Waals surface area contributed by atoms with Crippen LogP contribution in [-0.4, -0.2) is 19.7 Å². The third-order valence-electron chi connectivity index (χ3n) is 3.70. The Morgan fingerprint density at radius 1 is 1.32 bits per heavy atom. The molecule has 0 aliphatic rings. The number of thiophene rings is 2. The van der Waals surface area contributed by atoms with E-state index in [2.05, 4.69) is 15.1 Å². The van der Waals surface area contributed by atoms with Crippen molar-refractivity contribution in [3.05, 3.63) is 45.0 Å². The lowest BCUT2D eigenvalue weighted by Crippen LogP contribution is -2.19. The molecule has 0 saturated carbocycles. The number of hydrogen-bond acceptors (Lipinski definition) is 8. The van der Waals surface area contributed by atoms with Gasteiger partial charge in [-0.2, -0.15) is 4.98 Å². The highest BCUT2D eigenvalue weighted by molar-refractivity contribution is 7.98. The Labute approximate surface area is 155 Å². The molecule has 0 amide bonds. The molecule has 4 aromatic rings. The van der Waals surface area contributed by atoms with Crippen LogP contribution in [0.3, 0.4) is 0 Å². The van der Waals surface area contributed by atoms with Gasteiger partial charge in [0.25, 0.3) is 5.56 Å². The van der Waals surface area contributed by atoms with Crippen LogP contribution in [0.2, 0.25) is 0 Å². The average molecular weight is 391 g/mol. The standard InChI is InChI=1S/C16H14N4O2S3/c1-3-12-17-11(19-22-12)8-25-16-18-14-13(15(21)20(16)2)9(7-24-14)10-5-4-6-23-10/h4-7H,3,8H2,1-2H3.